The molecule has 3 heterocycles. The van der Waals surface area contributed by atoms with Crippen LogP contribution in [0.25, 0.3) is 17.4 Å². The Hall–Kier alpha value is -4.58. The number of hydrogen-bond acceptors (Lipinski definition) is 7. The zero-order valence-electron chi connectivity index (χ0n) is 16.2. The molecule has 1 saturated heterocycles. The van der Waals surface area contributed by atoms with Crippen LogP contribution in [0, 0.1) is 11.3 Å². The van der Waals surface area contributed by atoms with E-state index >= 15 is 0 Å². The van der Waals surface area contributed by atoms with Crippen LogP contribution in [0.3, 0.4) is 0 Å². The summed E-state index contributed by atoms with van der Waals surface area (Å²) in [5.41, 5.74) is 1.11. The number of furan rings is 2. The third-order valence-corrected chi connectivity index (χ3v) is 4.55. The lowest BCUT2D eigenvalue weighted by atomic mass is 10.1. The van der Waals surface area contributed by atoms with E-state index in [0.29, 0.717) is 22.6 Å². The molecule has 0 spiro atoms. The smallest absolute Gasteiger partial charge is 0.373 e. The fourth-order valence-electron chi connectivity index (χ4n) is 3.06. The van der Waals surface area contributed by atoms with Crippen molar-refractivity contribution in [2.24, 2.45) is 0 Å². The van der Waals surface area contributed by atoms with Crippen LogP contribution >= 0.6 is 0 Å². The summed E-state index contributed by atoms with van der Waals surface area (Å²) < 4.78 is 15.6. The number of methoxy groups -OCH3 is 1. The lowest BCUT2D eigenvalue weighted by Crippen LogP contribution is -2.30. The highest BCUT2D eigenvalue weighted by atomic mass is 16.5. The van der Waals surface area contributed by atoms with Gasteiger partial charge in [0.2, 0.25) is 5.76 Å². The summed E-state index contributed by atoms with van der Waals surface area (Å²) in [5.74, 6) is -0.213. The first-order chi connectivity index (χ1) is 15.0. The number of benzene rings is 1. The Labute approximate surface area is 176 Å². The molecule has 3 amide bonds. The average Bonchev–Trinajstić information content (AvgIpc) is 3.50. The third-order valence-electron chi connectivity index (χ3n) is 4.55. The zero-order valence-corrected chi connectivity index (χ0v) is 16.2. The normalized spacial score (nSPS) is 14.6. The van der Waals surface area contributed by atoms with Crippen LogP contribution in [0.2, 0.25) is 0 Å². The highest BCUT2D eigenvalue weighted by molar-refractivity contribution is 6.13. The maximum absolute atomic E-state index is 12.7. The molecule has 3 aromatic rings. The predicted molar refractivity (Wildman–Crippen MR) is 106 cm³/mol. The van der Waals surface area contributed by atoms with Crippen molar-refractivity contribution in [3.63, 3.8) is 0 Å². The summed E-state index contributed by atoms with van der Waals surface area (Å²) in [5, 5.41) is 11.7. The first-order valence-corrected chi connectivity index (χ1v) is 9.11. The van der Waals surface area contributed by atoms with Gasteiger partial charge >= 0.3 is 12.0 Å². The minimum absolute atomic E-state index is 0.0268. The van der Waals surface area contributed by atoms with E-state index in [0.717, 1.165) is 4.90 Å². The summed E-state index contributed by atoms with van der Waals surface area (Å²) in [6.07, 6.45) is 1.40. The lowest BCUT2D eigenvalue weighted by molar-refractivity contribution is -0.123. The third kappa shape index (κ3) is 3.82. The van der Waals surface area contributed by atoms with Crippen LogP contribution in [-0.4, -0.2) is 29.9 Å². The van der Waals surface area contributed by atoms with Gasteiger partial charge in [0, 0.05) is 11.6 Å². The lowest BCUT2D eigenvalue weighted by Gasteiger charge is -2.09. The molecule has 9 nitrogen and oxygen atoms in total. The number of ether oxygens (including phenoxy) is 1. The molecule has 0 aliphatic carbocycles. The van der Waals surface area contributed by atoms with Gasteiger partial charge in [0.15, 0.2) is 0 Å². The van der Waals surface area contributed by atoms with E-state index in [2.05, 4.69) is 16.1 Å². The van der Waals surface area contributed by atoms with Crippen molar-refractivity contribution < 1.29 is 28.0 Å². The zero-order chi connectivity index (χ0) is 22.0. The summed E-state index contributed by atoms with van der Waals surface area (Å²) in [6.45, 7) is -0.155. The Kier molecular flexibility index (Phi) is 5.12. The van der Waals surface area contributed by atoms with Gasteiger partial charge in [-0.15, -0.1) is 0 Å². The van der Waals surface area contributed by atoms with Crippen molar-refractivity contribution in [2.45, 2.75) is 6.54 Å². The summed E-state index contributed by atoms with van der Waals surface area (Å²) in [7, 11) is 1.22. The van der Waals surface area contributed by atoms with E-state index in [1.54, 1.807) is 36.4 Å². The number of nitriles is 1. The SMILES string of the molecule is COC(=O)c1ccc(CN2C(=O)N/C(=C\c3ccc(-c4ccccc4C#N)o3)C2=O)o1. The molecule has 0 saturated carbocycles. The molecule has 1 aromatic carbocycles. The number of carbonyl (C=O) groups is 3. The van der Waals surface area contributed by atoms with Crippen LogP contribution in [0.4, 0.5) is 4.79 Å². The van der Waals surface area contributed by atoms with Crippen LogP contribution in [-0.2, 0) is 16.1 Å². The largest absolute Gasteiger partial charge is 0.463 e. The molecular formula is C22H15N3O6. The van der Waals surface area contributed by atoms with Crippen molar-refractivity contribution in [1.82, 2.24) is 10.2 Å². The second kappa shape index (κ2) is 8.04. The Morgan fingerprint density at radius 2 is 1.97 bits per heavy atom. The molecule has 1 aliphatic rings. The van der Waals surface area contributed by atoms with Crippen molar-refractivity contribution in [3.05, 3.63) is 77.1 Å². The number of imide groups is 1. The highest BCUT2D eigenvalue weighted by Gasteiger charge is 2.34. The monoisotopic (exact) mass is 417 g/mol. The number of nitrogens with one attached hydrogen (secondary N) is 1. The van der Waals surface area contributed by atoms with Gasteiger partial charge < -0.3 is 18.9 Å². The summed E-state index contributed by atoms with van der Waals surface area (Å²) in [6, 6.07) is 14.6. The van der Waals surface area contributed by atoms with E-state index in [4.69, 9.17) is 8.83 Å². The minimum atomic E-state index is -0.657. The molecule has 1 fully saturated rings. The van der Waals surface area contributed by atoms with Crippen molar-refractivity contribution in [3.8, 4) is 17.4 Å². The number of esters is 1. The van der Waals surface area contributed by atoms with Gasteiger partial charge in [-0.25, -0.2) is 9.59 Å². The standard InChI is InChI=1S/C22H15N3O6/c1-29-21(27)19-9-7-15(31-19)12-25-20(26)17(24-22(25)28)10-14-6-8-18(30-14)16-5-3-2-4-13(16)11-23/h2-10H,12H2,1H3,(H,24,28)/b17-10-. The van der Waals surface area contributed by atoms with Crippen LogP contribution in [0.1, 0.15) is 27.6 Å². The molecule has 0 radical (unpaired) electrons. The molecule has 2 aromatic heterocycles. The molecule has 154 valence electrons. The number of rotatable bonds is 5. The molecule has 4 rings (SSSR count). The van der Waals surface area contributed by atoms with E-state index in [9.17, 15) is 19.6 Å². The molecule has 1 N–H and O–H groups in total. The number of carbonyl (C=O) groups excluding carboxylic acids is 3. The Bertz CT molecular complexity index is 1260. The van der Waals surface area contributed by atoms with Gasteiger partial charge in [-0.2, -0.15) is 5.26 Å². The number of nitrogens with zero attached hydrogens (tertiary/aromatic N) is 2. The molecule has 31 heavy (non-hydrogen) atoms. The van der Waals surface area contributed by atoms with Gasteiger partial charge in [0.05, 0.1) is 25.3 Å². The molecule has 1 aliphatic heterocycles. The minimum Gasteiger partial charge on any atom is -0.463 e. The van der Waals surface area contributed by atoms with Gasteiger partial charge in [0.25, 0.3) is 5.91 Å². The molecular weight excluding hydrogens is 402 g/mol. The Morgan fingerprint density at radius 3 is 2.74 bits per heavy atom. The molecule has 0 atom stereocenters. The summed E-state index contributed by atoms with van der Waals surface area (Å²) >= 11 is 0. The van der Waals surface area contributed by atoms with Crippen molar-refractivity contribution >= 4 is 24.0 Å². The van der Waals surface area contributed by atoms with Gasteiger partial charge in [-0.1, -0.05) is 12.1 Å². The van der Waals surface area contributed by atoms with Gasteiger partial charge in [0.1, 0.15) is 23.0 Å². The quantitative estimate of drug-likeness (QED) is 0.383. The van der Waals surface area contributed by atoms with E-state index in [1.807, 2.05) is 0 Å². The van der Waals surface area contributed by atoms with Gasteiger partial charge in [-0.05, 0) is 36.4 Å². The van der Waals surface area contributed by atoms with Gasteiger partial charge in [-0.3, -0.25) is 9.69 Å². The van der Waals surface area contributed by atoms with Crippen LogP contribution < -0.4 is 5.32 Å². The molecule has 9 heteroatoms. The second-order valence-corrected chi connectivity index (χ2v) is 6.50. The maximum atomic E-state index is 12.7. The van der Waals surface area contributed by atoms with E-state index < -0.39 is 17.9 Å². The first-order valence-electron chi connectivity index (χ1n) is 9.11. The van der Waals surface area contributed by atoms with E-state index in [1.165, 1.54) is 25.3 Å². The highest BCUT2D eigenvalue weighted by Crippen LogP contribution is 2.27. The number of amides is 3. The van der Waals surface area contributed by atoms with E-state index in [-0.39, 0.29) is 23.8 Å². The molecule has 0 bridgehead atoms. The fourth-order valence-corrected chi connectivity index (χ4v) is 3.06. The maximum Gasteiger partial charge on any atom is 0.373 e. The first kappa shape index (κ1) is 19.7. The number of hydrogen-bond donors (Lipinski definition) is 1. The topological polar surface area (TPSA) is 126 Å². The summed E-state index contributed by atoms with van der Waals surface area (Å²) in [4.78, 5) is 37.3. The number of urea groups is 1. The second-order valence-electron chi connectivity index (χ2n) is 6.50. The Morgan fingerprint density at radius 1 is 1.16 bits per heavy atom. The fraction of sp³-hybridized carbons (Fsp3) is 0.0909. The average molecular weight is 417 g/mol. The molecule has 0 unspecified atom stereocenters. The van der Waals surface area contributed by atoms with Crippen molar-refractivity contribution in [2.75, 3.05) is 7.11 Å². The van der Waals surface area contributed by atoms with Crippen LogP contribution in [0.5, 0.6) is 0 Å². The van der Waals surface area contributed by atoms with Crippen molar-refractivity contribution in [1.29, 1.82) is 5.26 Å². The Balaban J connectivity index is 1.53. The predicted octanol–water partition coefficient (Wildman–Crippen LogP) is 3.29. The van der Waals surface area contributed by atoms with Crippen LogP contribution in [0.15, 0.2) is 63.1 Å².